The van der Waals surface area contributed by atoms with Gasteiger partial charge >= 0.3 is 0 Å². The van der Waals surface area contributed by atoms with E-state index in [4.69, 9.17) is 0 Å². The van der Waals surface area contributed by atoms with Gasteiger partial charge in [-0.2, -0.15) is 0 Å². The number of hydrogen-bond donors (Lipinski definition) is 0. The molecule has 0 radical (unpaired) electrons. The molecule has 1 saturated heterocycles. The second kappa shape index (κ2) is 5.24. The number of carbonyl (C=O) groups is 2. The third-order valence-electron chi connectivity index (χ3n) is 3.66. The van der Waals surface area contributed by atoms with Gasteiger partial charge in [-0.1, -0.05) is 41.0 Å². The Kier molecular flexibility index (Phi) is 4.52. The third kappa shape index (κ3) is 3.74. The lowest BCUT2D eigenvalue weighted by molar-refractivity contribution is -0.136. The van der Waals surface area contributed by atoms with Crippen LogP contribution in [0, 0.1) is 5.41 Å². The molecule has 104 valence electrons. The fraction of sp³-hybridized carbons (Fsp3) is 0.857. The molecule has 0 bridgehead atoms. The minimum Gasteiger partial charge on any atom is -0.285 e. The smallest absolute Gasteiger partial charge is 0.242 e. The minimum atomic E-state index is -0.190. The van der Waals surface area contributed by atoms with E-state index in [1.54, 1.807) is 18.8 Å². The first kappa shape index (κ1) is 15.5. The van der Waals surface area contributed by atoms with E-state index in [1.165, 1.54) is 4.90 Å². The van der Waals surface area contributed by atoms with E-state index in [0.717, 1.165) is 12.8 Å². The van der Waals surface area contributed by atoms with E-state index >= 15 is 0 Å². The summed E-state index contributed by atoms with van der Waals surface area (Å²) in [6, 6.07) is 0. The van der Waals surface area contributed by atoms with Crippen molar-refractivity contribution in [3.8, 4) is 0 Å². The molecule has 0 saturated carbocycles. The molecular weight excluding hydrogens is 246 g/mol. The zero-order chi connectivity index (χ0) is 14.1. The molecule has 1 aliphatic heterocycles. The van der Waals surface area contributed by atoms with Crippen LogP contribution in [0.2, 0.25) is 0 Å². The van der Waals surface area contributed by atoms with Crippen molar-refractivity contribution in [2.45, 2.75) is 63.9 Å². The molecule has 1 rings (SSSR count). The van der Waals surface area contributed by atoms with Gasteiger partial charge in [-0.3, -0.25) is 14.5 Å². The predicted molar refractivity (Wildman–Crippen MR) is 76.5 cm³/mol. The number of carbonyl (C=O) groups excluding carboxylic acids is 2. The van der Waals surface area contributed by atoms with Crippen molar-refractivity contribution in [3.63, 3.8) is 0 Å². The molecule has 2 amide bonds. The number of likely N-dealkylation sites (tertiary alicyclic amines) is 1. The first-order valence-corrected chi connectivity index (χ1v) is 7.44. The Labute approximate surface area is 115 Å². The fourth-order valence-corrected chi connectivity index (χ4v) is 4.25. The number of rotatable bonds is 5. The maximum Gasteiger partial charge on any atom is 0.242 e. The molecule has 0 N–H and O–H groups in total. The normalized spacial score (nSPS) is 21.9. The van der Waals surface area contributed by atoms with Crippen molar-refractivity contribution in [1.29, 1.82) is 0 Å². The first-order chi connectivity index (χ1) is 8.08. The van der Waals surface area contributed by atoms with Crippen molar-refractivity contribution in [3.05, 3.63) is 0 Å². The Hall–Kier alpha value is -0.510. The van der Waals surface area contributed by atoms with Crippen LogP contribution in [0.4, 0.5) is 0 Å². The summed E-state index contributed by atoms with van der Waals surface area (Å²) in [5, 5.41) is -0.190. The fourth-order valence-electron chi connectivity index (χ4n) is 2.52. The monoisotopic (exact) mass is 271 g/mol. The summed E-state index contributed by atoms with van der Waals surface area (Å²) in [4.78, 5) is 24.7. The van der Waals surface area contributed by atoms with Crippen molar-refractivity contribution < 1.29 is 9.59 Å². The van der Waals surface area contributed by atoms with Gasteiger partial charge in [0.1, 0.15) is 0 Å². The van der Waals surface area contributed by atoms with Crippen LogP contribution in [0.5, 0.6) is 0 Å². The Morgan fingerprint density at radius 3 is 2.22 bits per heavy atom. The SMILES string of the molecule is CCC(C)(C)CC(C)(C)SC1CC(=O)N(C)C1=O. The molecule has 0 aliphatic carbocycles. The van der Waals surface area contributed by atoms with Gasteiger partial charge in [-0.05, 0) is 11.8 Å². The topological polar surface area (TPSA) is 37.4 Å². The Bertz CT molecular complexity index is 350. The molecule has 18 heavy (non-hydrogen) atoms. The van der Waals surface area contributed by atoms with E-state index in [-0.39, 0.29) is 27.2 Å². The standard InChI is InChI=1S/C14H25NO2S/c1-7-13(2,3)9-14(4,5)18-10-8-11(16)15(6)12(10)17/h10H,7-9H2,1-6H3. The van der Waals surface area contributed by atoms with Gasteiger partial charge in [-0.25, -0.2) is 0 Å². The van der Waals surface area contributed by atoms with Crippen LogP contribution in [0.1, 0.15) is 53.9 Å². The summed E-state index contributed by atoms with van der Waals surface area (Å²) in [5.41, 5.74) is 0.272. The quantitative estimate of drug-likeness (QED) is 0.721. The van der Waals surface area contributed by atoms with Crippen LogP contribution in [-0.2, 0) is 9.59 Å². The summed E-state index contributed by atoms with van der Waals surface area (Å²) in [5.74, 6) is -0.0876. The van der Waals surface area contributed by atoms with Crippen LogP contribution in [-0.4, -0.2) is 33.8 Å². The molecule has 1 fully saturated rings. The van der Waals surface area contributed by atoms with E-state index in [2.05, 4.69) is 34.6 Å². The van der Waals surface area contributed by atoms with Gasteiger partial charge in [0.2, 0.25) is 11.8 Å². The minimum absolute atomic E-state index is 0.0191. The van der Waals surface area contributed by atoms with Gasteiger partial charge in [0, 0.05) is 18.2 Å². The molecule has 0 aromatic rings. The van der Waals surface area contributed by atoms with Crippen LogP contribution in [0.25, 0.3) is 0 Å². The first-order valence-electron chi connectivity index (χ1n) is 6.56. The number of hydrogen-bond acceptors (Lipinski definition) is 3. The Balaban J connectivity index is 2.67. The number of nitrogens with zero attached hydrogens (tertiary/aromatic N) is 1. The highest BCUT2D eigenvalue weighted by molar-refractivity contribution is 8.02. The highest BCUT2D eigenvalue weighted by Crippen LogP contribution is 2.42. The van der Waals surface area contributed by atoms with Crippen molar-refractivity contribution in [2.24, 2.45) is 5.41 Å². The van der Waals surface area contributed by atoms with Crippen molar-refractivity contribution in [2.75, 3.05) is 7.05 Å². The lowest BCUT2D eigenvalue weighted by Crippen LogP contribution is -2.31. The van der Waals surface area contributed by atoms with Gasteiger partial charge in [0.05, 0.1) is 5.25 Å². The number of amides is 2. The van der Waals surface area contributed by atoms with E-state index in [0.29, 0.717) is 6.42 Å². The van der Waals surface area contributed by atoms with Crippen LogP contribution in [0.15, 0.2) is 0 Å². The molecule has 1 atom stereocenters. The molecular formula is C14H25NO2S. The summed E-state index contributed by atoms with van der Waals surface area (Å²) in [6.45, 7) is 11.0. The van der Waals surface area contributed by atoms with Gasteiger partial charge in [0.25, 0.3) is 0 Å². The van der Waals surface area contributed by atoms with E-state index < -0.39 is 0 Å². The predicted octanol–water partition coefficient (Wildman–Crippen LogP) is 3.08. The maximum absolute atomic E-state index is 11.9. The largest absolute Gasteiger partial charge is 0.285 e. The zero-order valence-corrected chi connectivity index (χ0v) is 13.2. The Morgan fingerprint density at radius 1 is 1.28 bits per heavy atom. The van der Waals surface area contributed by atoms with Gasteiger partial charge in [-0.15, -0.1) is 11.8 Å². The summed E-state index contributed by atoms with van der Waals surface area (Å²) in [6.07, 6.45) is 2.52. The van der Waals surface area contributed by atoms with Crippen molar-refractivity contribution >= 4 is 23.6 Å². The molecule has 4 heteroatoms. The van der Waals surface area contributed by atoms with Crippen LogP contribution >= 0.6 is 11.8 Å². The molecule has 0 aromatic carbocycles. The molecule has 0 aromatic heterocycles. The Morgan fingerprint density at radius 2 is 1.83 bits per heavy atom. The van der Waals surface area contributed by atoms with Crippen molar-refractivity contribution in [1.82, 2.24) is 4.90 Å². The second-order valence-electron chi connectivity index (χ2n) is 6.56. The average molecular weight is 271 g/mol. The van der Waals surface area contributed by atoms with Crippen LogP contribution in [0.3, 0.4) is 0 Å². The van der Waals surface area contributed by atoms with E-state index in [1.807, 2.05) is 0 Å². The van der Waals surface area contributed by atoms with Crippen LogP contribution < -0.4 is 0 Å². The number of imide groups is 1. The molecule has 3 nitrogen and oxygen atoms in total. The summed E-state index contributed by atoms with van der Waals surface area (Å²) < 4.78 is 0.0191. The second-order valence-corrected chi connectivity index (χ2v) is 8.47. The highest BCUT2D eigenvalue weighted by atomic mass is 32.2. The third-order valence-corrected chi connectivity index (χ3v) is 5.10. The van der Waals surface area contributed by atoms with Gasteiger partial charge in [0.15, 0.2) is 0 Å². The molecule has 1 heterocycles. The highest BCUT2D eigenvalue weighted by Gasteiger charge is 2.40. The number of thioether (sulfide) groups is 1. The lowest BCUT2D eigenvalue weighted by atomic mass is 9.81. The molecule has 0 spiro atoms. The van der Waals surface area contributed by atoms with E-state index in [9.17, 15) is 9.59 Å². The lowest BCUT2D eigenvalue weighted by Gasteiger charge is -2.35. The molecule has 1 aliphatic rings. The van der Waals surface area contributed by atoms with Gasteiger partial charge < -0.3 is 0 Å². The molecule has 1 unspecified atom stereocenters. The average Bonchev–Trinajstić information content (AvgIpc) is 2.44. The summed E-state index contributed by atoms with van der Waals surface area (Å²) >= 11 is 1.66. The summed E-state index contributed by atoms with van der Waals surface area (Å²) in [7, 11) is 1.58. The maximum atomic E-state index is 11.9. The zero-order valence-electron chi connectivity index (χ0n) is 12.4.